The van der Waals surface area contributed by atoms with Crippen LogP contribution in [-0.4, -0.2) is 47.7 Å². The number of nitrogens with zero attached hydrogens (tertiary/aromatic N) is 2. The number of pyridine rings is 1. The van der Waals surface area contributed by atoms with Crippen LogP contribution in [0.25, 0.3) is 0 Å². The van der Waals surface area contributed by atoms with Gasteiger partial charge in [-0.2, -0.15) is 0 Å². The van der Waals surface area contributed by atoms with Gasteiger partial charge in [-0.3, -0.25) is 9.78 Å². The number of carbonyl (C=O) groups excluding carboxylic acids is 1. The molecule has 0 saturated carbocycles. The van der Waals surface area contributed by atoms with E-state index < -0.39 is 5.82 Å². The van der Waals surface area contributed by atoms with E-state index in [1.807, 2.05) is 12.1 Å². The van der Waals surface area contributed by atoms with Crippen LogP contribution in [0.3, 0.4) is 0 Å². The molecule has 0 bridgehead atoms. The lowest BCUT2D eigenvalue weighted by Gasteiger charge is -2.22. The van der Waals surface area contributed by atoms with Gasteiger partial charge in [0.1, 0.15) is 5.82 Å². The summed E-state index contributed by atoms with van der Waals surface area (Å²) in [6.45, 7) is 1.91. The zero-order chi connectivity index (χ0) is 17.2. The minimum atomic E-state index is -0.498. The van der Waals surface area contributed by atoms with Gasteiger partial charge in [0, 0.05) is 24.9 Å². The van der Waals surface area contributed by atoms with Crippen LogP contribution in [0.15, 0.2) is 48.8 Å². The van der Waals surface area contributed by atoms with Gasteiger partial charge in [-0.25, -0.2) is 4.39 Å². The van der Waals surface area contributed by atoms with Gasteiger partial charge in [0.05, 0.1) is 37.5 Å². The summed E-state index contributed by atoms with van der Waals surface area (Å²) in [6.07, 6.45) is 3.36. The van der Waals surface area contributed by atoms with Crippen molar-refractivity contribution in [1.29, 1.82) is 0 Å². The van der Waals surface area contributed by atoms with E-state index in [4.69, 9.17) is 9.47 Å². The smallest absolute Gasteiger partial charge is 0.257 e. The number of likely N-dealkylation sites (tertiary alicyclic amines) is 1. The van der Waals surface area contributed by atoms with Crippen molar-refractivity contribution in [3.8, 4) is 0 Å². The predicted molar refractivity (Wildman–Crippen MR) is 88.3 cm³/mol. The Hall–Kier alpha value is -2.31. The average molecular weight is 342 g/mol. The molecule has 25 heavy (non-hydrogen) atoms. The van der Waals surface area contributed by atoms with Gasteiger partial charge in [-0.1, -0.05) is 18.2 Å². The second kappa shape index (κ2) is 6.90. The van der Waals surface area contributed by atoms with E-state index in [1.54, 1.807) is 29.4 Å². The Kier molecular flexibility index (Phi) is 4.46. The van der Waals surface area contributed by atoms with E-state index in [2.05, 4.69) is 4.98 Å². The van der Waals surface area contributed by atoms with Crippen LogP contribution in [0.2, 0.25) is 0 Å². The zero-order valence-electron chi connectivity index (χ0n) is 13.7. The lowest BCUT2D eigenvalue weighted by molar-refractivity contribution is 0.00921. The molecule has 1 aromatic carbocycles. The summed E-state index contributed by atoms with van der Waals surface area (Å²) in [5.41, 5.74) is 1.08. The number of ether oxygens (including phenoxy) is 2. The second-order valence-electron chi connectivity index (χ2n) is 6.42. The molecule has 130 valence electrons. The van der Waals surface area contributed by atoms with Gasteiger partial charge in [0.15, 0.2) is 0 Å². The maximum Gasteiger partial charge on any atom is 0.257 e. The highest BCUT2D eigenvalue weighted by molar-refractivity contribution is 5.95. The molecule has 0 radical (unpaired) electrons. The maximum atomic E-state index is 14.0. The molecule has 5 nitrogen and oxygen atoms in total. The van der Waals surface area contributed by atoms with Crippen molar-refractivity contribution < 1.29 is 18.7 Å². The van der Waals surface area contributed by atoms with E-state index in [0.29, 0.717) is 26.4 Å². The summed E-state index contributed by atoms with van der Waals surface area (Å²) in [5.74, 6) is -0.679. The highest BCUT2D eigenvalue weighted by Crippen LogP contribution is 2.33. The van der Waals surface area contributed by atoms with E-state index in [9.17, 15) is 9.18 Å². The third-order valence-corrected chi connectivity index (χ3v) is 4.90. The third kappa shape index (κ3) is 3.15. The molecule has 2 saturated heterocycles. The fourth-order valence-electron chi connectivity index (χ4n) is 3.59. The van der Waals surface area contributed by atoms with Gasteiger partial charge in [-0.05, 0) is 23.8 Å². The number of rotatable bonds is 4. The molecule has 2 aliphatic rings. The highest BCUT2D eigenvalue weighted by atomic mass is 19.1. The predicted octanol–water partition coefficient (Wildman–Crippen LogP) is 2.28. The molecule has 1 amide bonds. The normalized spacial score (nSPS) is 25.2. The van der Waals surface area contributed by atoms with Gasteiger partial charge < -0.3 is 14.4 Å². The second-order valence-corrected chi connectivity index (χ2v) is 6.42. The topological polar surface area (TPSA) is 51.7 Å². The number of benzene rings is 1. The van der Waals surface area contributed by atoms with Crippen molar-refractivity contribution in [2.24, 2.45) is 5.92 Å². The van der Waals surface area contributed by atoms with Gasteiger partial charge >= 0.3 is 0 Å². The Bertz CT molecular complexity index is 755. The first-order valence-corrected chi connectivity index (χ1v) is 8.38. The van der Waals surface area contributed by atoms with Crippen LogP contribution in [0.1, 0.15) is 15.9 Å². The Labute approximate surface area is 145 Å². The monoisotopic (exact) mass is 342 g/mol. The molecule has 3 atom stereocenters. The van der Waals surface area contributed by atoms with E-state index >= 15 is 0 Å². The largest absolute Gasteiger partial charge is 0.379 e. The van der Waals surface area contributed by atoms with E-state index in [0.717, 1.165) is 5.56 Å². The summed E-state index contributed by atoms with van der Waals surface area (Å²) < 4.78 is 25.6. The molecular formula is C19H19FN2O3. The average Bonchev–Trinajstić information content (AvgIpc) is 3.24. The number of carbonyl (C=O) groups is 1. The number of amides is 1. The van der Waals surface area contributed by atoms with Crippen molar-refractivity contribution in [3.63, 3.8) is 0 Å². The van der Waals surface area contributed by atoms with Gasteiger partial charge in [-0.15, -0.1) is 0 Å². The molecule has 4 rings (SSSR count). The summed E-state index contributed by atoms with van der Waals surface area (Å²) in [4.78, 5) is 18.6. The van der Waals surface area contributed by atoms with Crippen LogP contribution < -0.4 is 0 Å². The molecule has 1 aromatic heterocycles. The third-order valence-electron chi connectivity index (χ3n) is 4.90. The Morgan fingerprint density at radius 1 is 1.28 bits per heavy atom. The molecule has 0 unspecified atom stereocenters. The molecular weight excluding hydrogens is 323 g/mol. The summed E-state index contributed by atoms with van der Waals surface area (Å²) in [7, 11) is 0. The van der Waals surface area contributed by atoms with Crippen molar-refractivity contribution in [1.82, 2.24) is 9.88 Å². The van der Waals surface area contributed by atoms with E-state index in [-0.39, 0.29) is 29.5 Å². The lowest BCUT2D eigenvalue weighted by atomic mass is 10.0. The van der Waals surface area contributed by atoms with Crippen LogP contribution in [0, 0.1) is 11.7 Å². The van der Waals surface area contributed by atoms with Crippen molar-refractivity contribution in [2.45, 2.75) is 18.8 Å². The summed E-state index contributed by atoms with van der Waals surface area (Å²) in [6, 6.07) is 9.83. The molecule has 2 fully saturated rings. The number of hydrogen-bond acceptors (Lipinski definition) is 4. The SMILES string of the molecule is O=C(c1ccccc1F)N1C[C@H](OCc2cccnc2)[C@H]2COC[C@H]21. The Balaban J connectivity index is 1.49. The lowest BCUT2D eigenvalue weighted by Crippen LogP contribution is -2.38. The summed E-state index contributed by atoms with van der Waals surface area (Å²) in [5, 5.41) is 0. The van der Waals surface area contributed by atoms with Gasteiger partial charge in [0.25, 0.3) is 5.91 Å². The zero-order valence-corrected chi connectivity index (χ0v) is 13.7. The van der Waals surface area contributed by atoms with Crippen LogP contribution in [-0.2, 0) is 16.1 Å². The number of aromatic nitrogens is 1. The fraction of sp³-hybridized carbons (Fsp3) is 0.368. The van der Waals surface area contributed by atoms with Crippen molar-refractivity contribution in [3.05, 3.63) is 65.7 Å². The maximum absolute atomic E-state index is 14.0. The van der Waals surface area contributed by atoms with Crippen LogP contribution in [0.5, 0.6) is 0 Å². The highest BCUT2D eigenvalue weighted by Gasteiger charge is 2.48. The Morgan fingerprint density at radius 3 is 2.96 bits per heavy atom. The van der Waals surface area contributed by atoms with E-state index in [1.165, 1.54) is 12.1 Å². The van der Waals surface area contributed by atoms with Crippen molar-refractivity contribution >= 4 is 5.91 Å². The first kappa shape index (κ1) is 16.2. The first-order chi connectivity index (χ1) is 12.2. The first-order valence-electron chi connectivity index (χ1n) is 8.38. The summed E-state index contributed by atoms with van der Waals surface area (Å²) >= 11 is 0. The van der Waals surface area contributed by atoms with Crippen LogP contribution in [0.4, 0.5) is 4.39 Å². The minimum Gasteiger partial charge on any atom is -0.379 e. The molecule has 2 aliphatic heterocycles. The van der Waals surface area contributed by atoms with Crippen molar-refractivity contribution in [2.75, 3.05) is 19.8 Å². The standard InChI is InChI=1S/C19H19FN2O3/c20-16-6-2-1-5-14(16)19(23)22-9-18(15-11-24-12-17(15)22)25-10-13-4-3-7-21-8-13/h1-8,15,17-18H,9-12H2/t15-,17+,18-/m0/s1. The molecule has 0 aliphatic carbocycles. The van der Waals surface area contributed by atoms with Crippen LogP contribution >= 0.6 is 0 Å². The molecule has 3 heterocycles. The molecule has 0 spiro atoms. The quantitative estimate of drug-likeness (QED) is 0.855. The molecule has 0 N–H and O–H groups in total. The molecule has 2 aromatic rings. The number of fused-ring (bicyclic) bond motifs is 1. The number of hydrogen-bond donors (Lipinski definition) is 0. The van der Waals surface area contributed by atoms with Gasteiger partial charge in [0.2, 0.25) is 0 Å². The minimum absolute atomic E-state index is 0.0639. The number of halogens is 1. The Morgan fingerprint density at radius 2 is 2.16 bits per heavy atom. The fourth-order valence-corrected chi connectivity index (χ4v) is 3.59. The molecule has 6 heteroatoms.